The number of ether oxygens (including phenoxy) is 1. The molecule has 0 spiro atoms. The molecule has 7 heteroatoms. The lowest BCUT2D eigenvalue weighted by atomic mass is 10.2. The lowest BCUT2D eigenvalue weighted by Gasteiger charge is -2.07. The third-order valence-corrected chi connectivity index (χ3v) is 2.72. The second-order valence-electron chi connectivity index (χ2n) is 3.71. The van der Waals surface area contributed by atoms with Gasteiger partial charge in [0.1, 0.15) is 16.2 Å². The normalized spacial score (nSPS) is 10.4. The van der Waals surface area contributed by atoms with Crippen LogP contribution in [-0.2, 0) is 0 Å². The monoisotopic (exact) mass is 342 g/mol. The van der Waals surface area contributed by atoms with Crippen LogP contribution in [0, 0.1) is 0 Å². The van der Waals surface area contributed by atoms with Gasteiger partial charge >= 0.3 is 6.61 Å². The Morgan fingerprint density at radius 2 is 2.00 bits per heavy atom. The molecule has 0 bridgehead atoms. The Labute approximate surface area is 121 Å². The van der Waals surface area contributed by atoms with Crippen LogP contribution in [0.25, 0.3) is 0 Å². The number of hydrogen-bond donors (Lipinski definition) is 1. The van der Waals surface area contributed by atoms with Gasteiger partial charge in [-0.2, -0.15) is 8.78 Å². The van der Waals surface area contributed by atoms with Gasteiger partial charge in [-0.25, -0.2) is 4.98 Å². The molecule has 0 aliphatic rings. The molecule has 0 unspecified atom stereocenters. The van der Waals surface area contributed by atoms with Gasteiger partial charge in [0.15, 0.2) is 0 Å². The van der Waals surface area contributed by atoms with E-state index >= 15 is 0 Å². The van der Waals surface area contributed by atoms with Crippen molar-refractivity contribution < 1.29 is 18.3 Å². The van der Waals surface area contributed by atoms with Gasteiger partial charge in [-0.1, -0.05) is 12.1 Å². The molecule has 2 aromatic rings. The summed E-state index contributed by atoms with van der Waals surface area (Å²) in [5, 5.41) is 2.56. The molecule has 0 aliphatic carbocycles. The van der Waals surface area contributed by atoms with Crippen molar-refractivity contribution in [1.82, 2.24) is 4.98 Å². The van der Waals surface area contributed by atoms with Crippen LogP contribution in [0.1, 0.15) is 10.4 Å². The summed E-state index contributed by atoms with van der Waals surface area (Å²) in [5.74, 6) is -0.185. The van der Waals surface area contributed by atoms with Crippen molar-refractivity contribution in [2.45, 2.75) is 6.61 Å². The van der Waals surface area contributed by atoms with Gasteiger partial charge in [0.25, 0.3) is 5.91 Å². The first-order valence-electron chi connectivity index (χ1n) is 5.53. The van der Waals surface area contributed by atoms with Gasteiger partial charge in [-0.05, 0) is 46.3 Å². The highest BCUT2D eigenvalue weighted by Gasteiger charge is 2.10. The molecule has 104 valence electrons. The zero-order valence-electron chi connectivity index (χ0n) is 10.0. The van der Waals surface area contributed by atoms with Gasteiger partial charge < -0.3 is 10.1 Å². The van der Waals surface area contributed by atoms with Crippen LogP contribution >= 0.6 is 15.9 Å². The molecule has 0 fully saturated rings. The number of amides is 1. The van der Waals surface area contributed by atoms with E-state index in [4.69, 9.17) is 0 Å². The number of nitrogens with one attached hydrogen (secondary N) is 1. The fraction of sp³-hybridized carbons (Fsp3) is 0.0769. The fourth-order valence-corrected chi connectivity index (χ4v) is 1.82. The van der Waals surface area contributed by atoms with Crippen LogP contribution in [0.3, 0.4) is 0 Å². The van der Waals surface area contributed by atoms with Crippen molar-refractivity contribution in [1.29, 1.82) is 0 Å². The zero-order valence-corrected chi connectivity index (χ0v) is 11.6. The summed E-state index contributed by atoms with van der Waals surface area (Å²) in [4.78, 5) is 16.0. The molecule has 1 N–H and O–H groups in total. The number of anilines is 1. The summed E-state index contributed by atoms with van der Waals surface area (Å²) < 4.78 is 29.0. The first-order chi connectivity index (χ1) is 9.54. The van der Waals surface area contributed by atoms with Crippen molar-refractivity contribution in [3.8, 4) is 5.75 Å². The van der Waals surface area contributed by atoms with E-state index in [2.05, 4.69) is 31.0 Å². The smallest absolute Gasteiger partial charge is 0.387 e. The topological polar surface area (TPSA) is 51.2 Å². The van der Waals surface area contributed by atoms with E-state index in [1.807, 2.05) is 0 Å². The predicted octanol–water partition coefficient (Wildman–Crippen LogP) is 3.70. The highest BCUT2D eigenvalue weighted by molar-refractivity contribution is 9.10. The first-order valence-corrected chi connectivity index (χ1v) is 6.32. The predicted molar refractivity (Wildman–Crippen MR) is 73.0 cm³/mol. The quantitative estimate of drug-likeness (QED) is 0.862. The molecule has 1 aromatic carbocycles. The Bertz CT molecular complexity index is 623. The first kappa shape index (κ1) is 14.4. The standard InChI is InChI=1S/C13H9BrF2N2O2/c14-10-5-2-6-11(17-10)18-12(19)8-3-1-4-9(7-8)20-13(15)16/h1-7,13H,(H,17,18,19). The highest BCUT2D eigenvalue weighted by atomic mass is 79.9. The molecule has 0 radical (unpaired) electrons. The summed E-state index contributed by atoms with van der Waals surface area (Å²) >= 11 is 3.18. The molecular formula is C13H9BrF2N2O2. The molecular weight excluding hydrogens is 334 g/mol. The minimum absolute atomic E-state index is 0.0742. The van der Waals surface area contributed by atoms with Gasteiger partial charge in [0.05, 0.1) is 0 Å². The van der Waals surface area contributed by atoms with Crippen LogP contribution in [0.5, 0.6) is 5.75 Å². The van der Waals surface area contributed by atoms with Gasteiger partial charge in [0, 0.05) is 5.56 Å². The van der Waals surface area contributed by atoms with Gasteiger partial charge in [-0.3, -0.25) is 4.79 Å². The zero-order chi connectivity index (χ0) is 14.5. The third-order valence-electron chi connectivity index (χ3n) is 2.28. The number of carbonyl (C=O) groups is 1. The molecule has 4 nitrogen and oxygen atoms in total. The lowest BCUT2D eigenvalue weighted by Crippen LogP contribution is -2.13. The van der Waals surface area contributed by atoms with Crippen LogP contribution in [0.4, 0.5) is 14.6 Å². The maximum atomic E-state index is 12.1. The number of carbonyl (C=O) groups excluding carboxylic acids is 1. The summed E-state index contributed by atoms with van der Waals surface area (Å²) in [7, 11) is 0. The van der Waals surface area contributed by atoms with Crippen LogP contribution in [0.2, 0.25) is 0 Å². The number of rotatable bonds is 4. The molecule has 0 saturated carbocycles. The average Bonchev–Trinajstić information content (AvgIpc) is 2.38. The summed E-state index contributed by atoms with van der Waals surface area (Å²) in [5.41, 5.74) is 0.199. The van der Waals surface area contributed by atoms with Crippen molar-refractivity contribution in [2.24, 2.45) is 0 Å². The van der Waals surface area contributed by atoms with E-state index in [9.17, 15) is 13.6 Å². The highest BCUT2D eigenvalue weighted by Crippen LogP contribution is 2.17. The number of hydrogen-bond acceptors (Lipinski definition) is 3. The second kappa shape index (κ2) is 6.42. The van der Waals surface area contributed by atoms with E-state index in [1.165, 1.54) is 24.3 Å². The molecule has 1 amide bonds. The van der Waals surface area contributed by atoms with Gasteiger partial charge in [-0.15, -0.1) is 0 Å². The fourth-order valence-electron chi connectivity index (χ4n) is 1.48. The lowest BCUT2D eigenvalue weighted by molar-refractivity contribution is -0.0498. The maximum Gasteiger partial charge on any atom is 0.387 e. The van der Waals surface area contributed by atoms with Crippen molar-refractivity contribution >= 4 is 27.7 Å². The Balaban J connectivity index is 2.13. The van der Waals surface area contributed by atoms with Crippen molar-refractivity contribution in [2.75, 3.05) is 5.32 Å². The van der Waals surface area contributed by atoms with Crippen LogP contribution in [-0.4, -0.2) is 17.5 Å². The number of pyridine rings is 1. The minimum atomic E-state index is -2.93. The van der Waals surface area contributed by atoms with E-state index < -0.39 is 12.5 Å². The molecule has 20 heavy (non-hydrogen) atoms. The SMILES string of the molecule is O=C(Nc1cccc(Br)n1)c1cccc(OC(F)F)c1. The number of nitrogens with zero attached hydrogens (tertiary/aromatic N) is 1. The average molecular weight is 343 g/mol. The molecule has 0 atom stereocenters. The molecule has 0 aliphatic heterocycles. The number of alkyl halides is 2. The number of halogens is 3. The van der Waals surface area contributed by atoms with Crippen molar-refractivity contribution in [3.05, 3.63) is 52.6 Å². The summed E-state index contributed by atoms with van der Waals surface area (Å²) in [6, 6.07) is 10.6. The van der Waals surface area contributed by atoms with E-state index in [0.29, 0.717) is 10.4 Å². The molecule has 1 heterocycles. The maximum absolute atomic E-state index is 12.1. The Morgan fingerprint density at radius 1 is 1.25 bits per heavy atom. The van der Waals surface area contributed by atoms with Gasteiger partial charge in [0.2, 0.25) is 0 Å². The number of aromatic nitrogens is 1. The minimum Gasteiger partial charge on any atom is -0.435 e. The Kier molecular flexibility index (Phi) is 4.62. The van der Waals surface area contributed by atoms with E-state index in [1.54, 1.807) is 18.2 Å². The van der Waals surface area contributed by atoms with Crippen molar-refractivity contribution in [3.63, 3.8) is 0 Å². The Hall–Kier alpha value is -2.02. The van der Waals surface area contributed by atoms with Crippen LogP contribution < -0.4 is 10.1 Å². The molecule has 0 saturated heterocycles. The van der Waals surface area contributed by atoms with E-state index in [0.717, 1.165) is 0 Å². The van der Waals surface area contributed by atoms with E-state index in [-0.39, 0.29) is 11.3 Å². The largest absolute Gasteiger partial charge is 0.435 e. The Morgan fingerprint density at radius 3 is 2.70 bits per heavy atom. The third kappa shape index (κ3) is 3.99. The number of benzene rings is 1. The molecule has 2 rings (SSSR count). The van der Waals surface area contributed by atoms with Crippen LogP contribution in [0.15, 0.2) is 47.1 Å². The molecule has 1 aromatic heterocycles. The second-order valence-corrected chi connectivity index (χ2v) is 4.52. The summed E-state index contributed by atoms with van der Waals surface area (Å²) in [6.45, 7) is -2.93. The summed E-state index contributed by atoms with van der Waals surface area (Å²) in [6.07, 6.45) is 0.